The van der Waals surface area contributed by atoms with Gasteiger partial charge < -0.3 is 20.3 Å². The summed E-state index contributed by atoms with van der Waals surface area (Å²) in [5.74, 6) is -0.0314. The van der Waals surface area contributed by atoms with E-state index < -0.39 is 7.82 Å². The molecule has 33 heavy (non-hydrogen) atoms. The lowest BCUT2D eigenvalue weighted by Gasteiger charge is -2.05. The third kappa shape index (κ3) is 5.72. The van der Waals surface area contributed by atoms with Crippen LogP contribution in [-0.2, 0) is 27.1 Å². The van der Waals surface area contributed by atoms with E-state index in [1.807, 2.05) is 54.6 Å². The van der Waals surface area contributed by atoms with Gasteiger partial charge in [0.25, 0.3) is 11.5 Å². The molecule has 2 aromatic carbocycles. The number of hydrogen-bond acceptors (Lipinski definition) is 6. The van der Waals surface area contributed by atoms with Crippen molar-refractivity contribution in [2.75, 3.05) is 18.9 Å². The summed E-state index contributed by atoms with van der Waals surface area (Å²) in [4.78, 5) is 36.8. The number of fused-ring (bicyclic) bond motifs is 1. The molecule has 12 heteroatoms. The van der Waals surface area contributed by atoms with Crippen molar-refractivity contribution in [3.63, 3.8) is 0 Å². The normalized spacial score (nSPS) is 11.8. The van der Waals surface area contributed by atoms with Crippen LogP contribution in [0.1, 0.15) is 5.56 Å². The standard InChI is InChI=1S/C21H22N5O6P/c22-21-23-19-18(20(27)24-21)25(13-26(19)14-31-10-11-32-33(28,29)30)12-15-6-8-17(9-7-15)16-4-2-1-3-5-16/h1-9,13H,10-12,14H2,(H4-,22,23,24,27,28,29,30)/p+1. The Morgan fingerprint density at radius 3 is 2.45 bits per heavy atom. The van der Waals surface area contributed by atoms with Crippen LogP contribution in [0.15, 0.2) is 65.7 Å². The number of anilines is 1. The summed E-state index contributed by atoms with van der Waals surface area (Å²) in [6.07, 6.45) is 1.68. The topological polar surface area (TPSA) is 157 Å². The molecule has 4 aromatic rings. The van der Waals surface area contributed by atoms with E-state index in [-0.39, 0.29) is 31.5 Å². The van der Waals surface area contributed by atoms with Crippen LogP contribution in [0.4, 0.5) is 5.95 Å². The fourth-order valence-electron chi connectivity index (χ4n) is 3.43. The fourth-order valence-corrected chi connectivity index (χ4v) is 3.75. The second-order valence-corrected chi connectivity index (χ2v) is 8.50. The molecule has 172 valence electrons. The van der Waals surface area contributed by atoms with Gasteiger partial charge in [-0.1, -0.05) is 59.6 Å². The van der Waals surface area contributed by atoms with Crippen LogP contribution in [0.3, 0.4) is 0 Å². The lowest BCUT2D eigenvalue weighted by molar-refractivity contribution is -0.711. The molecule has 0 saturated heterocycles. The average molecular weight is 472 g/mol. The molecule has 0 aliphatic rings. The number of rotatable bonds is 9. The molecule has 2 aromatic heterocycles. The first kappa shape index (κ1) is 22.8. The molecule has 0 aliphatic heterocycles. The molecule has 0 aliphatic carbocycles. The summed E-state index contributed by atoms with van der Waals surface area (Å²) in [5.41, 5.74) is 9.16. The summed E-state index contributed by atoms with van der Waals surface area (Å²) < 4.78 is 23.9. The quantitative estimate of drug-likeness (QED) is 0.162. The summed E-state index contributed by atoms with van der Waals surface area (Å²) >= 11 is 0. The Kier molecular flexibility index (Phi) is 6.68. The Morgan fingerprint density at radius 1 is 1.06 bits per heavy atom. The molecule has 5 N–H and O–H groups in total. The number of aromatic nitrogens is 4. The third-order valence-electron chi connectivity index (χ3n) is 4.86. The van der Waals surface area contributed by atoms with Gasteiger partial charge in [-0.25, -0.2) is 9.13 Å². The van der Waals surface area contributed by atoms with Gasteiger partial charge in [-0.2, -0.15) is 0 Å². The van der Waals surface area contributed by atoms with Crippen LogP contribution < -0.4 is 15.9 Å². The van der Waals surface area contributed by atoms with E-state index in [1.54, 1.807) is 15.5 Å². The fraction of sp³-hybridized carbons (Fsp3) is 0.190. The van der Waals surface area contributed by atoms with Gasteiger partial charge in [0.1, 0.15) is 0 Å². The number of aromatic amines is 1. The number of nitrogens with zero attached hydrogens (tertiary/aromatic N) is 3. The maximum Gasteiger partial charge on any atom is 0.469 e. The summed E-state index contributed by atoms with van der Waals surface area (Å²) in [6, 6.07) is 18.1. The lowest BCUT2D eigenvalue weighted by atomic mass is 10.0. The van der Waals surface area contributed by atoms with Crippen molar-refractivity contribution in [2.45, 2.75) is 13.3 Å². The number of nitrogens with two attached hydrogens (primary N) is 1. The van der Waals surface area contributed by atoms with Crippen LogP contribution in [-0.4, -0.2) is 37.5 Å². The first-order chi connectivity index (χ1) is 15.8. The largest absolute Gasteiger partial charge is 0.469 e. The maximum atomic E-state index is 12.6. The van der Waals surface area contributed by atoms with Gasteiger partial charge in [-0.15, -0.1) is 0 Å². The number of hydrogen-bond donors (Lipinski definition) is 4. The van der Waals surface area contributed by atoms with E-state index >= 15 is 0 Å². The van der Waals surface area contributed by atoms with Crippen molar-refractivity contribution < 1.29 is 28.2 Å². The maximum absolute atomic E-state index is 12.6. The smallest absolute Gasteiger partial charge is 0.355 e. The third-order valence-corrected chi connectivity index (χ3v) is 5.38. The number of H-pyrrole nitrogens is 1. The predicted molar refractivity (Wildman–Crippen MR) is 120 cm³/mol. The van der Waals surface area contributed by atoms with Crippen molar-refractivity contribution in [1.29, 1.82) is 0 Å². The summed E-state index contributed by atoms with van der Waals surface area (Å²) in [7, 11) is -4.55. The minimum absolute atomic E-state index is 0.0170. The van der Waals surface area contributed by atoms with E-state index in [2.05, 4.69) is 14.5 Å². The van der Waals surface area contributed by atoms with Crippen LogP contribution in [0, 0.1) is 0 Å². The van der Waals surface area contributed by atoms with E-state index in [9.17, 15) is 9.36 Å². The van der Waals surface area contributed by atoms with Crippen molar-refractivity contribution in [3.8, 4) is 11.1 Å². The Bertz CT molecular complexity index is 1350. The van der Waals surface area contributed by atoms with Crippen molar-refractivity contribution in [3.05, 3.63) is 76.8 Å². The van der Waals surface area contributed by atoms with Crippen LogP contribution in [0.25, 0.3) is 22.3 Å². The van der Waals surface area contributed by atoms with E-state index in [0.717, 1.165) is 16.7 Å². The molecule has 0 saturated carbocycles. The molecule has 0 fully saturated rings. The predicted octanol–water partition coefficient (Wildman–Crippen LogP) is 1.39. The van der Waals surface area contributed by atoms with Gasteiger partial charge in [0.2, 0.25) is 5.52 Å². The highest BCUT2D eigenvalue weighted by Gasteiger charge is 2.22. The minimum atomic E-state index is -4.55. The van der Waals surface area contributed by atoms with Gasteiger partial charge in [0.05, 0.1) is 19.8 Å². The SMILES string of the molecule is Nc1nc2c(c(=O)[nH]1)n(Cc1ccc(-c3ccccc3)cc1)c[n+]2COCCOP(=O)(O)O. The van der Waals surface area contributed by atoms with Gasteiger partial charge in [-0.3, -0.25) is 18.9 Å². The van der Waals surface area contributed by atoms with Crippen LogP contribution in [0.5, 0.6) is 0 Å². The Balaban J connectivity index is 1.55. The number of nitrogens with one attached hydrogen (secondary N) is 1. The van der Waals surface area contributed by atoms with Crippen LogP contribution in [0.2, 0.25) is 0 Å². The van der Waals surface area contributed by atoms with E-state index in [4.69, 9.17) is 20.3 Å². The first-order valence-electron chi connectivity index (χ1n) is 10.0. The lowest BCUT2D eigenvalue weighted by Crippen LogP contribution is -2.35. The highest BCUT2D eigenvalue weighted by molar-refractivity contribution is 7.46. The van der Waals surface area contributed by atoms with Gasteiger partial charge in [-0.05, 0) is 16.7 Å². The summed E-state index contributed by atoms with van der Waals surface area (Å²) in [6.45, 7) is 0.0449. The number of nitrogen functional groups attached to an aromatic ring is 1. The molecule has 0 spiro atoms. The molecular weight excluding hydrogens is 449 g/mol. The highest BCUT2D eigenvalue weighted by atomic mass is 31.2. The molecule has 0 bridgehead atoms. The number of phosphoric acid groups is 1. The first-order valence-corrected chi connectivity index (χ1v) is 11.5. The van der Waals surface area contributed by atoms with E-state index in [1.165, 1.54) is 0 Å². The van der Waals surface area contributed by atoms with Crippen molar-refractivity contribution >= 4 is 24.9 Å². The summed E-state index contributed by atoms with van der Waals surface area (Å²) in [5, 5.41) is 0. The molecule has 4 rings (SSSR count). The van der Waals surface area contributed by atoms with Gasteiger partial charge in [0.15, 0.2) is 13.1 Å². The molecular formula is C21H23N5O6P+. The zero-order valence-corrected chi connectivity index (χ0v) is 18.4. The molecule has 0 unspecified atom stereocenters. The zero-order chi connectivity index (χ0) is 23.4. The number of ether oxygens (including phenoxy) is 1. The van der Waals surface area contributed by atoms with Gasteiger partial charge in [0, 0.05) is 0 Å². The molecule has 0 amide bonds. The van der Waals surface area contributed by atoms with Gasteiger partial charge >= 0.3 is 13.5 Å². The number of imidazole rings is 1. The zero-order valence-electron chi connectivity index (χ0n) is 17.5. The molecule has 11 nitrogen and oxygen atoms in total. The Labute approximate surface area is 188 Å². The second kappa shape index (κ2) is 9.65. The highest BCUT2D eigenvalue weighted by Crippen LogP contribution is 2.35. The average Bonchev–Trinajstić information content (AvgIpc) is 3.11. The minimum Gasteiger partial charge on any atom is -0.355 e. The van der Waals surface area contributed by atoms with Crippen molar-refractivity contribution in [1.82, 2.24) is 14.5 Å². The Morgan fingerprint density at radius 2 is 1.76 bits per heavy atom. The second-order valence-electron chi connectivity index (χ2n) is 7.26. The molecule has 0 atom stereocenters. The Hall–Kier alpha value is -3.34. The number of phosphoric ester groups is 1. The number of benzene rings is 2. The van der Waals surface area contributed by atoms with Crippen LogP contribution >= 0.6 is 7.82 Å². The monoisotopic (exact) mass is 472 g/mol. The molecule has 2 heterocycles. The van der Waals surface area contributed by atoms with Crippen molar-refractivity contribution in [2.24, 2.45) is 0 Å². The molecule has 0 radical (unpaired) electrons. The van der Waals surface area contributed by atoms with E-state index in [0.29, 0.717) is 17.7 Å².